The zero-order valence-electron chi connectivity index (χ0n) is 22.6. The van der Waals surface area contributed by atoms with Gasteiger partial charge in [-0.1, -0.05) is 66.9 Å². The number of carbonyl (C=O) groups excluding carboxylic acids is 2. The van der Waals surface area contributed by atoms with Crippen LogP contribution in [0.3, 0.4) is 0 Å². The molecule has 0 bridgehead atoms. The topological polar surface area (TPSA) is 96.0 Å². The van der Waals surface area contributed by atoms with Crippen LogP contribution in [0.1, 0.15) is 32.3 Å². The molecule has 11 heteroatoms. The van der Waals surface area contributed by atoms with Crippen molar-refractivity contribution in [3.8, 4) is 5.75 Å². The predicted molar refractivity (Wildman–Crippen MR) is 158 cm³/mol. The van der Waals surface area contributed by atoms with Crippen LogP contribution in [0.5, 0.6) is 5.75 Å². The van der Waals surface area contributed by atoms with E-state index >= 15 is 0 Å². The quantitative estimate of drug-likeness (QED) is 0.258. The van der Waals surface area contributed by atoms with Crippen molar-refractivity contribution >= 4 is 50.7 Å². The maximum atomic E-state index is 14.0. The lowest BCUT2D eigenvalue weighted by Crippen LogP contribution is -2.51. The summed E-state index contributed by atoms with van der Waals surface area (Å²) in [6.45, 7) is 3.55. The van der Waals surface area contributed by atoms with Crippen LogP contribution in [-0.2, 0) is 26.2 Å². The molecular weight excluding hydrogens is 573 g/mol. The van der Waals surface area contributed by atoms with Crippen LogP contribution in [0.4, 0.5) is 5.69 Å². The normalized spacial score (nSPS) is 11.9. The van der Waals surface area contributed by atoms with E-state index in [0.717, 1.165) is 17.1 Å². The fraction of sp³-hybridized carbons (Fsp3) is 0.310. The van der Waals surface area contributed by atoms with E-state index in [1.54, 1.807) is 49.4 Å². The van der Waals surface area contributed by atoms with Crippen molar-refractivity contribution in [1.82, 2.24) is 10.2 Å². The molecule has 40 heavy (non-hydrogen) atoms. The Bertz CT molecular complexity index is 1400. The monoisotopic (exact) mass is 605 g/mol. The van der Waals surface area contributed by atoms with Gasteiger partial charge in [0.25, 0.3) is 10.0 Å². The summed E-state index contributed by atoms with van der Waals surface area (Å²) >= 11 is 12.4. The molecule has 3 rings (SSSR count). The first-order valence-corrected chi connectivity index (χ1v) is 15.0. The number of amides is 2. The van der Waals surface area contributed by atoms with E-state index in [9.17, 15) is 18.0 Å². The molecule has 0 saturated heterocycles. The molecule has 0 aliphatic heterocycles. The molecule has 0 heterocycles. The number of carbonyl (C=O) groups is 2. The highest BCUT2D eigenvalue weighted by Crippen LogP contribution is 2.30. The van der Waals surface area contributed by atoms with E-state index in [1.807, 2.05) is 6.92 Å². The summed E-state index contributed by atoms with van der Waals surface area (Å²) in [4.78, 5) is 28.3. The average molecular weight is 607 g/mol. The van der Waals surface area contributed by atoms with E-state index < -0.39 is 28.5 Å². The number of sulfonamides is 1. The minimum atomic E-state index is -4.22. The molecule has 3 aromatic rings. The smallest absolute Gasteiger partial charge is 0.264 e. The molecular formula is C29H33Cl2N3O5S. The summed E-state index contributed by atoms with van der Waals surface area (Å²) in [5.74, 6) is -0.337. The molecule has 0 radical (unpaired) electrons. The Morgan fingerprint density at radius 1 is 0.975 bits per heavy atom. The summed E-state index contributed by atoms with van der Waals surface area (Å²) in [5.41, 5.74) is 0.834. The number of nitrogens with zero attached hydrogens (tertiary/aromatic N) is 2. The minimum Gasteiger partial charge on any atom is -0.497 e. The molecule has 2 amide bonds. The Kier molecular flexibility index (Phi) is 11.2. The number of ether oxygens (including phenoxy) is 1. The zero-order valence-corrected chi connectivity index (χ0v) is 25.0. The Labute approximate surface area is 245 Å². The van der Waals surface area contributed by atoms with E-state index in [-0.39, 0.29) is 33.1 Å². The van der Waals surface area contributed by atoms with Crippen LogP contribution in [0.25, 0.3) is 0 Å². The van der Waals surface area contributed by atoms with Gasteiger partial charge in [-0.2, -0.15) is 0 Å². The summed E-state index contributed by atoms with van der Waals surface area (Å²) < 4.78 is 33.9. The van der Waals surface area contributed by atoms with Crippen LogP contribution in [0.15, 0.2) is 77.7 Å². The second-order valence-electron chi connectivity index (χ2n) is 9.15. The van der Waals surface area contributed by atoms with E-state index in [2.05, 4.69) is 5.32 Å². The average Bonchev–Trinajstić information content (AvgIpc) is 2.94. The first-order valence-electron chi connectivity index (χ1n) is 12.8. The first kappa shape index (κ1) is 31.3. The molecule has 0 unspecified atom stereocenters. The predicted octanol–water partition coefficient (Wildman–Crippen LogP) is 5.53. The van der Waals surface area contributed by atoms with E-state index in [0.29, 0.717) is 17.9 Å². The number of hydrogen-bond donors (Lipinski definition) is 1. The lowest BCUT2D eigenvalue weighted by molar-refractivity contribution is -0.139. The van der Waals surface area contributed by atoms with Gasteiger partial charge in [0.05, 0.1) is 17.7 Å². The van der Waals surface area contributed by atoms with Gasteiger partial charge >= 0.3 is 0 Å². The third kappa shape index (κ3) is 8.13. The van der Waals surface area contributed by atoms with Gasteiger partial charge < -0.3 is 15.0 Å². The molecule has 214 valence electrons. The number of rotatable bonds is 13. The molecule has 1 N–H and O–H groups in total. The SMILES string of the molecule is CCCCNC(=O)[C@@H](C)N(Cc1cccc(OC)c1)C(=O)CN(c1cc(Cl)cc(Cl)c1)S(=O)(=O)c1ccccc1. The van der Waals surface area contributed by atoms with Crippen molar-refractivity contribution in [2.45, 2.75) is 44.2 Å². The molecule has 8 nitrogen and oxygen atoms in total. The number of nitrogens with one attached hydrogen (secondary N) is 1. The van der Waals surface area contributed by atoms with Crippen LogP contribution in [0.2, 0.25) is 10.0 Å². The Morgan fingerprint density at radius 2 is 1.65 bits per heavy atom. The van der Waals surface area contributed by atoms with Gasteiger partial charge in [0.2, 0.25) is 11.8 Å². The third-order valence-corrected chi connectivity index (χ3v) is 8.45. The molecule has 0 aliphatic rings. The van der Waals surface area contributed by atoms with E-state index in [1.165, 1.54) is 42.3 Å². The Hall–Kier alpha value is -3.27. The number of methoxy groups -OCH3 is 1. The van der Waals surface area contributed by atoms with Gasteiger partial charge in [0, 0.05) is 23.1 Å². The standard InChI is InChI=1S/C29H33Cl2N3O5S/c1-4-5-14-32-29(36)21(2)33(19-22-10-9-11-26(15-22)39-3)28(35)20-34(25-17-23(30)16-24(31)18-25)40(37,38)27-12-7-6-8-13-27/h6-13,15-18,21H,4-5,14,19-20H2,1-3H3,(H,32,36)/t21-/m1/s1. The van der Waals surface area contributed by atoms with Crippen molar-refractivity contribution in [2.24, 2.45) is 0 Å². The molecule has 1 atom stereocenters. The Balaban J connectivity index is 2.03. The lowest BCUT2D eigenvalue weighted by atomic mass is 10.1. The first-order chi connectivity index (χ1) is 19.1. The largest absolute Gasteiger partial charge is 0.497 e. The second kappa shape index (κ2) is 14.4. The molecule has 3 aromatic carbocycles. The van der Waals surface area contributed by atoms with Gasteiger partial charge in [-0.05, 0) is 61.4 Å². The van der Waals surface area contributed by atoms with Crippen LogP contribution < -0.4 is 14.4 Å². The molecule has 0 aromatic heterocycles. The summed E-state index contributed by atoms with van der Waals surface area (Å²) in [7, 11) is -2.68. The highest BCUT2D eigenvalue weighted by Gasteiger charge is 2.32. The third-order valence-electron chi connectivity index (χ3n) is 6.23. The van der Waals surface area contributed by atoms with Crippen molar-refractivity contribution in [3.63, 3.8) is 0 Å². The summed E-state index contributed by atoms with van der Waals surface area (Å²) in [5, 5.41) is 3.28. The second-order valence-corrected chi connectivity index (χ2v) is 11.9. The molecule has 0 fully saturated rings. The maximum Gasteiger partial charge on any atom is 0.264 e. The minimum absolute atomic E-state index is 0.0106. The van der Waals surface area contributed by atoms with Gasteiger partial charge in [-0.25, -0.2) is 8.42 Å². The van der Waals surface area contributed by atoms with Crippen LogP contribution >= 0.6 is 23.2 Å². The van der Waals surface area contributed by atoms with Gasteiger partial charge in [0.15, 0.2) is 0 Å². The van der Waals surface area contributed by atoms with Gasteiger partial charge in [-0.3, -0.25) is 13.9 Å². The number of halogens is 2. The highest BCUT2D eigenvalue weighted by molar-refractivity contribution is 7.92. The summed E-state index contributed by atoms with van der Waals surface area (Å²) in [6, 6.07) is 18.3. The van der Waals surface area contributed by atoms with Crippen molar-refractivity contribution < 1.29 is 22.7 Å². The maximum absolute atomic E-state index is 14.0. The van der Waals surface area contributed by atoms with E-state index in [4.69, 9.17) is 27.9 Å². The fourth-order valence-corrected chi connectivity index (χ4v) is 5.95. The number of hydrogen-bond acceptors (Lipinski definition) is 5. The number of benzene rings is 3. The Morgan fingerprint density at radius 3 is 2.27 bits per heavy atom. The lowest BCUT2D eigenvalue weighted by Gasteiger charge is -2.32. The summed E-state index contributed by atoms with van der Waals surface area (Å²) in [6.07, 6.45) is 1.69. The molecule has 0 saturated carbocycles. The van der Waals surface area contributed by atoms with Crippen LogP contribution in [-0.4, -0.2) is 51.4 Å². The molecule has 0 aliphatic carbocycles. The van der Waals surface area contributed by atoms with Crippen molar-refractivity contribution in [2.75, 3.05) is 24.5 Å². The zero-order chi connectivity index (χ0) is 29.3. The highest BCUT2D eigenvalue weighted by atomic mass is 35.5. The van der Waals surface area contributed by atoms with Gasteiger partial charge in [0.1, 0.15) is 18.3 Å². The van der Waals surface area contributed by atoms with Crippen molar-refractivity contribution in [1.29, 1.82) is 0 Å². The number of anilines is 1. The number of unbranched alkanes of at least 4 members (excludes halogenated alkanes) is 1. The van der Waals surface area contributed by atoms with Crippen LogP contribution in [0, 0.1) is 0 Å². The van der Waals surface area contributed by atoms with Gasteiger partial charge in [-0.15, -0.1) is 0 Å². The fourth-order valence-electron chi connectivity index (χ4n) is 4.02. The molecule has 0 spiro atoms. The van der Waals surface area contributed by atoms with Crippen molar-refractivity contribution in [3.05, 3.63) is 88.4 Å².